The number of benzene rings is 2. The summed E-state index contributed by atoms with van der Waals surface area (Å²) in [6.45, 7) is 0. The predicted octanol–water partition coefficient (Wildman–Crippen LogP) is 3.58. The lowest BCUT2D eigenvalue weighted by molar-refractivity contribution is 0.564. The zero-order valence-electron chi connectivity index (χ0n) is 9.42. The van der Waals surface area contributed by atoms with Crippen LogP contribution in [-0.2, 0) is 11.1 Å². The summed E-state index contributed by atoms with van der Waals surface area (Å²) in [4.78, 5) is 0.369. The maximum Gasteiger partial charge on any atom is 0.186 e. The zero-order valence-corrected chi connectivity index (χ0v) is 10.2. The van der Waals surface area contributed by atoms with Crippen LogP contribution in [0.4, 0.5) is 4.39 Å². The Morgan fingerprint density at radius 2 is 1.33 bits per heavy atom. The van der Waals surface area contributed by atoms with Gasteiger partial charge in [-0.05, 0) is 35.4 Å². The number of rotatable bonds is 3. The van der Waals surface area contributed by atoms with E-state index in [-0.39, 0.29) is 5.82 Å². The van der Waals surface area contributed by atoms with Crippen LogP contribution in [-0.4, -0.2) is 8.76 Å². The van der Waals surface area contributed by atoms with Gasteiger partial charge in [-0.1, -0.05) is 36.4 Å². The Labute approximate surface area is 107 Å². The summed E-state index contributed by atoms with van der Waals surface area (Å²) >= 11 is -1.95. The van der Waals surface area contributed by atoms with Crippen molar-refractivity contribution in [2.45, 2.75) is 4.90 Å². The van der Waals surface area contributed by atoms with Gasteiger partial charge in [-0.25, -0.2) is 8.60 Å². The normalized spacial score (nSPS) is 12.8. The average molecular weight is 262 g/mol. The standard InChI is InChI=1S/C14H11FO2S/c15-13-7-3-11(4-8-13)1-2-12-5-9-14(10-6-12)18(16)17/h1-10H,(H,16,17)/b2-1+. The van der Waals surface area contributed by atoms with E-state index in [1.807, 2.05) is 12.2 Å². The summed E-state index contributed by atoms with van der Waals surface area (Å²) in [5.41, 5.74) is 1.81. The Morgan fingerprint density at radius 3 is 1.78 bits per heavy atom. The molecule has 2 aromatic rings. The molecule has 0 saturated heterocycles. The van der Waals surface area contributed by atoms with E-state index in [0.717, 1.165) is 11.1 Å². The van der Waals surface area contributed by atoms with Gasteiger partial charge in [0.15, 0.2) is 11.1 Å². The summed E-state index contributed by atoms with van der Waals surface area (Å²) in [5, 5.41) is 0. The Bertz CT molecular complexity index is 574. The summed E-state index contributed by atoms with van der Waals surface area (Å²) in [6, 6.07) is 12.9. The highest BCUT2D eigenvalue weighted by Gasteiger charge is 1.97. The Hall–Kier alpha value is -1.78. The monoisotopic (exact) mass is 262 g/mol. The maximum atomic E-state index is 12.7. The molecule has 0 aliphatic rings. The Morgan fingerprint density at radius 1 is 0.889 bits per heavy atom. The van der Waals surface area contributed by atoms with Crippen molar-refractivity contribution in [2.75, 3.05) is 0 Å². The van der Waals surface area contributed by atoms with E-state index >= 15 is 0 Å². The molecule has 0 heterocycles. The molecule has 0 fully saturated rings. The topological polar surface area (TPSA) is 37.3 Å². The van der Waals surface area contributed by atoms with E-state index in [2.05, 4.69) is 0 Å². The van der Waals surface area contributed by atoms with Gasteiger partial charge in [0, 0.05) is 0 Å². The minimum Gasteiger partial charge on any atom is -0.302 e. The van der Waals surface area contributed by atoms with E-state index in [4.69, 9.17) is 4.55 Å². The quantitative estimate of drug-likeness (QED) is 0.678. The fraction of sp³-hybridized carbons (Fsp3) is 0. The molecule has 0 aliphatic carbocycles. The third kappa shape index (κ3) is 3.35. The van der Waals surface area contributed by atoms with Gasteiger partial charge in [-0.2, -0.15) is 0 Å². The first-order valence-electron chi connectivity index (χ1n) is 5.30. The smallest absolute Gasteiger partial charge is 0.186 e. The van der Waals surface area contributed by atoms with Gasteiger partial charge in [0.25, 0.3) is 0 Å². The molecule has 2 nitrogen and oxygen atoms in total. The molecule has 0 aromatic heterocycles. The molecule has 0 bridgehead atoms. The molecule has 1 N–H and O–H groups in total. The van der Waals surface area contributed by atoms with Gasteiger partial charge >= 0.3 is 0 Å². The summed E-state index contributed by atoms with van der Waals surface area (Å²) < 4.78 is 32.3. The van der Waals surface area contributed by atoms with Crippen LogP contribution in [0, 0.1) is 5.82 Å². The van der Waals surface area contributed by atoms with Crippen molar-refractivity contribution >= 4 is 23.2 Å². The zero-order chi connectivity index (χ0) is 13.0. The lowest BCUT2D eigenvalue weighted by atomic mass is 10.1. The summed E-state index contributed by atoms with van der Waals surface area (Å²) in [6.07, 6.45) is 3.71. The van der Waals surface area contributed by atoms with E-state index < -0.39 is 11.1 Å². The van der Waals surface area contributed by atoms with Crippen molar-refractivity contribution in [1.29, 1.82) is 0 Å². The third-order valence-corrected chi connectivity index (χ3v) is 3.10. The molecule has 0 spiro atoms. The molecule has 4 heteroatoms. The van der Waals surface area contributed by atoms with Gasteiger partial charge in [-0.15, -0.1) is 0 Å². The average Bonchev–Trinajstić information content (AvgIpc) is 2.38. The number of hydrogen-bond donors (Lipinski definition) is 1. The maximum absolute atomic E-state index is 12.7. The molecule has 1 atom stereocenters. The van der Waals surface area contributed by atoms with Crippen LogP contribution in [0.1, 0.15) is 11.1 Å². The molecule has 0 saturated carbocycles. The van der Waals surface area contributed by atoms with Crippen molar-refractivity contribution < 1.29 is 13.2 Å². The first-order valence-corrected chi connectivity index (χ1v) is 6.40. The van der Waals surface area contributed by atoms with Crippen molar-refractivity contribution in [1.82, 2.24) is 0 Å². The van der Waals surface area contributed by atoms with Crippen molar-refractivity contribution in [3.05, 3.63) is 65.5 Å². The fourth-order valence-corrected chi connectivity index (χ4v) is 1.83. The van der Waals surface area contributed by atoms with Gasteiger partial charge < -0.3 is 4.55 Å². The van der Waals surface area contributed by atoms with Crippen LogP contribution in [0.25, 0.3) is 12.2 Å². The van der Waals surface area contributed by atoms with Gasteiger partial charge in [0.2, 0.25) is 0 Å². The number of halogens is 1. The molecule has 0 radical (unpaired) electrons. The minimum absolute atomic E-state index is 0.262. The Balaban J connectivity index is 2.13. The summed E-state index contributed by atoms with van der Waals surface area (Å²) in [7, 11) is 0. The van der Waals surface area contributed by atoms with E-state index in [1.165, 1.54) is 12.1 Å². The van der Waals surface area contributed by atoms with Crippen LogP contribution in [0.15, 0.2) is 53.4 Å². The number of hydrogen-bond acceptors (Lipinski definition) is 1. The van der Waals surface area contributed by atoms with Gasteiger partial charge in [-0.3, -0.25) is 0 Å². The highest BCUT2D eigenvalue weighted by Crippen LogP contribution is 2.11. The fourth-order valence-electron chi connectivity index (χ4n) is 1.46. The van der Waals surface area contributed by atoms with Gasteiger partial charge in [0.1, 0.15) is 5.82 Å². The third-order valence-electron chi connectivity index (χ3n) is 2.42. The molecule has 1 unspecified atom stereocenters. The highest BCUT2D eigenvalue weighted by molar-refractivity contribution is 7.79. The molecule has 2 aromatic carbocycles. The molecule has 92 valence electrons. The lowest BCUT2D eigenvalue weighted by Crippen LogP contribution is -1.86. The van der Waals surface area contributed by atoms with Crippen LogP contribution in [0.5, 0.6) is 0 Å². The van der Waals surface area contributed by atoms with Gasteiger partial charge in [0.05, 0.1) is 4.90 Å². The van der Waals surface area contributed by atoms with E-state index in [9.17, 15) is 8.60 Å². The molecule has 0 aliphatic heterocycles. The highest BCUT2D eigenvalue weighted by atomic mass is 32.2. The lowest BCUT2D eigenvalue weighted by Gasteiger charge is -1.97. The first kappa shape index (κ1) is 12.7. The second-order valence-corrected chi connectivity index (χ2v) is 4.67. The Kier molecular flexibility index (Phi) is 4.02. The second-order valence-electron chi connectivity index (χ2n) is 3.70. The van der Waals surface area contributed by atoms with Crippen LogP contribution in [0.2, 0.25) is 0 Å². The van der Waals surface area contributed by atoms with Crippen LogP contribution < -0.4 is 0 Å². The second kappa shape index (κ2) is 5.71. The van der Waals surface area contributed by atoms with E-state index in [1.54, 1.807) is 36.4 Å². The van der Waals surface area contributed by atoms with Crippen molar-refractivity contribution in [3.63, 3.8) is 0 Å². The predicted molar refractivity (Wildman–Crippen MR) is 70.8 cm³/mol. The molecular weight excluding hydrogens is 251 g/mol. The minimum atomic E-state index is -1.95. The summed E-state index contributed by atoms with van der Waals surface area (Å²) in [5.74, 6) is -0.262. The molecule has 18 heavy (non-hydrogen) atoms. The molecular formula is C14H11FO2S. The first-order chi connectivity index (χ1) is 8.65. The molecule has 0 amide bonds. The van der Waals surface area contributed by atoms with Crippen molar-refractivity contribution in [2.24, 2.45) is 0 Å². The van der Waals surface area contributed by atoms with Crippen LogP contribution >= 0.6 is 0 Å². The van der Waals surface area contributed by atoms with E-state index in [0.29, 0.717) is 4.90 Å². The van der Waals surface area contributed by atoms with Crippen LogP contribution in [0.3, 0.4) is 0 Å². The molecule has 2 rings (SSSR count). The van der Waals surface area contributed by atoms with Crippen molar-refractivity contribution in [3.8, 4) is 0 Å². The largest absolute Gasteiger partial charge is 0.302 e. The SMILES string of the molecule is O=S(O)c1ccc(/C=C/c2ccc(F)cc2)cc1.